The van der Waals surface area contributed by atoms with E-state index in [1.54, 1.807) is 30.0 Å². The maximum Gasteiger partial charge on any atom is 0.254 e. The van der Waals surface area contributed by atoms with E-state index < -0.39 is 5.60 Å². The van der Waals surface area contributed by atoms with Gasteiger partial charge in [-0.15, -0.1) is 0 Å². The summed E-state index contributed by atoms with van der Waals surface area (Å²) < 4.78 is 19.3. The van der Waals surface area contributed by atoms with Crippen LogP contribution in [0, 0.1) is 11.7 Å². The molecule has 1 aromatic carbocycles. The van der Waals surface area contributed by atoms with Gasteiger partial charge in [-0.1, -0.05) is 18.2 Å². The summed E-state index contributed by atoms with van der Waals surface area (Å²) in [5.41, 5.74) is -0.663. The van der Waals surface area contributed by atoms with Crippen LogP contribution in [0.3, 0.4) is 0 Å². The van der Waals surface area contributed by atoms with Crippen LogP contribution in [0.2, 0.25) is 0 Å². The zero-order valence-corrected chi connectivity index (χ0v) is 13.5. The average molecular weight is 321 g/mol. The van der Waals surface area contributed by atoms with E-state index in [1.165, 1.54) is 6.07 Å². The number of hydrogen-bond acceptors (Lipinski definition) is 3. The molecular weight excluding hydrogens is 297 g/mol. The Morgan fingerprint density at radius 2 is 1.96 bits per heavy atom. The molecule has 1 aliphatic carbocycles. The fourth-order valence-electron chi connectivity index (χ4n) is 3.19. The highest BCUT2D eigenvalue weighted by molar-refractivity contribution is 5.85. The van der Waals surface area contributed by atoms with Gasteiger partial charge >= 0.3 is 0 Å². The van der Waals surface area contributed by atoms with Crippen LogP contribution in [-0.4, -0.2) is 40.7 Å². The zero-order valence-electron chi connectivity index (χ0n) is 13.5. The summed E-state index contributed by atoms with van der Waals surface area (Å²) >= 11 is 0. The molecule has 1 unspecified atom stereocenters. The van der Waals surface area contributed by atoms with E-state index in [1.807, 2.05) is 0 Å². The third kappa shape index (κ3) is 3.72. The minimum atomic E-state index is -1.22. The second-order valence-electron chi connectivity index (χ2n) is 6.82. The molecule has 2 fully saturated rings. The standard InChI is InChI=1S/C18H24FNO3/c1-18(22,14-6-7-14)17(21)20-10-8-15(9-11-20)23-12-13-4-2-3-5-16(13)19/h2-5,14-15,22H,6-12H2,1H3. The minimum Gasteiger partial charge on any atom is -0.380 e. The molecule has 1 atom stereocenters. The summed E-state index contributed by atoms with van der Waals surface area (Å²) in [6, 6.07) is 6.61. The lowest BCUT2D eigenvalue weighted by molar-refractivity contribution is -0.154. The predicted molar refractivity (Wildman–Crippen MR) is 84.1 cm³/mol. The SMILES string of the molecule is CC(O)(C(=O)N1CCC(OCc2ccccc2F)CC1)C1CC1. The van der Waals surface area contributed by atoms with Crippen molar-refractivity contribution in [2.45, 2.75) is 50.9 Å². The molecule has 1 saturated heterocycles. The molecule has 3 rings (SSSR count). The quantitative estimate of drug-likeness (QED) is 0.906. The van der Waals surface area contributed by atoms with Crippen molar-refractivity contribution in [3.63, 3.8) is 0 Å². The Morgan fingerprint density at radius 1 is 1.30 bits per heavy atom. The lowest BCUT2D eigenvalue weighted by Crippen LogP contribution is -2.51. The molecule has 0 bridgehead atoms. The normalized spacial score (nSPS) is 22.0. The van der Waals surface area contributed by atoms with Crippen molar-refractivity contribution in [1.29, 1.82) is 0 Å². The van der Waals surface area contributed by atoms with Crippen LogP contribution in [-0.2, 0) is 16.1 Å². The Hall–Kier alpha value is -1.46. The fourth-order valence-corrected chi connectivity index (χ4v) is 3.19. The number of hydrogen-bond donors (Lipinski definition) is 1. The highest BCUT2D eigenvalue weighted by atomic mass is 19.1. The number of likely N-dealkylation sites (tertiary alicyclic amines) is 1. The number of amides is 1. The van der Waals surface area contributed by atoms with E-state index in [0.717, 1.165) is 25.7 Å². The summed E-state index contributed by atoms with van der Waals surface area (Å²) in [4.78, 5) is 14.2. The first-order valence-electron chi connectivity index (χ1n) is 8.35. The fraction of sp³-hybridized carbons (Fsp3) is 0.611. The van der Waals surface area contributed by atoms with E-state index in [-0.39, 0.29) is 30.4 Å². The van der Waals surface area contributed by atoms with Crippen molar-refractivity contribution in [3.8, 4) is 0 Å². The number of carbonyl (C=O) groups excluding carboxylic acids is 1. The highest BCUT2D eigenvalue weighted by Gasteiger charge is 2.47. The summed E-state index contributed by atoms with van der Waals surface area (Å²) in [6.45, 7) is 3.06. The van der Waals surface area contributed by atoms with Gasteiger partial charge in [-0.25, -0.2) is 4.39 Å². The van der Waals surface area contributed by atoms with E-state index in [2.05, 4.69) is 0 Å². The molecule has 126 valence electrons. The Labute approximate surface area is 136 Å². The third-order valence-electron chi connectivity index (χ3n) is 4.97. The Balaban J connectivity index is 1.47. The minimum absolute atomic E-state index is 0.0320. The van der Waals surface area contributed by atoms with Gasteiger partial charge < -0.3 is 14.7 Å². The lowest BCUT2D eigenvalue weighted by atomic mass is 9.96. The summed E-state index contributed by atoms with van der Waals surface area (Å²) in [6.07, 6.45) is 3.34. The number of ether oxygens (including phenoxy) is 1. The van der Waals surface area contributed by atoms with Crippen LogP contribution in [0.5, 0.6) is 0 Å². The van der Waals surface area contributed by atoms with Gasteiger partial charge in [0.1, 0.15) is 11.4 Å². The van der Waals surface area contributed by atoms with Crippen molar-refractivity contribution in [2.75, 3.05) is 13.1 Å². The summed E-state index contributed by atoms with van der Waals surface area (Å²) in [7, 11) is 0. The second-order valence-corrected chi connectivity index (χ2v) is 6.82. The van der Waals surface area contributed by atoms with Gasteiger partial charge in [0.05, 0.1) is 12.7 Å². The second kappa shape index (κ2) is 6.57. The molecule has 0 radical (unpaired) electrons. The first kappa shape index (κ1) is 16.4. The Bertz CT molecular complexity index is 563. The summed E-state index contributed by atoms with van der Waals surface area (Å²) in [5.74, 6) is -0.293. The number of halogens is 1. The number of rotatable bonds is 5. The van der Waals surface area contributed by atoms with E-state index >= 15 is 0 Å². The first-order chi connectivity index (χ1) is 11.0. The molecule has 5 heteroatoms. The third-order valence-corrected chi connectivity index (χ3v) is 4.97. The maximum absolute atomic E-state index is 13.6. The van der Waals surface area contributed by atoms with Crippen LogP contribution in [0.15, 0.2) is 24.3 Å². The lowest BCUT2D eigenvalue weighted by Gasteiger charge is -2.36. The van der Waals surface area contributed by atoms with Gasteiger partial charge in [-0.3, -0.25) is 4.79 Å². The number of nitrogens with zero attached hydrogens (tertiary/aromatic N) is 1. The Kier molecular flexibility index (Phi) is 4.69. The average Bonchev–Trinajstić information content (AvgIpc) is 3.39. The van der Waals surface area contributed by atoms with Crippen molar-refractivity contribution in [1.82, 2.24) is 4.90 Å². The van der Waals surface area contributed by atoms with Gasteiger partial charge in [0.2, 0.25) is 0 Å². The molecule has 1 heterocycles. The van der Waals surface area contributed by atoms with Crippen LogP contribution >= 0.6 is 0 Å². The monoisotopic (exact) mass is 321 g/mol. The van der Waals surface area contributed by atoms with Gasteiger partial charge in [0.25, 0.3) is 5.91 Å². The van der Waals surface area contributed by atoms with Gasteiger partial charge in [0.15, 0.2) is 0 Å². The molecule has 23 heavy (non-hydrogen) atoms. The van der Waals surface area contributed by atoms with Crippen molar-refractivity contribution >= 4 is 5.91 Å². The molecule has 1 saturated carbocycles. The molecule has 1 aliphatic heterocycles. The number of benzene rings is 1. The molecule has 0 aromatic heterocycles. The molecule has 2 aliphatic rings. The summed E-state index contributed by atoms with van der Waals surface area (Å²) in [5, 5.41) is 10.4. The van der Waals surface area contributed by atoms with Gasteiger partial charge in [-0.05, 0) is 44.6 Å². The Morgan fingerprint density at radius 3 is 2.57 bits per heavy atom. The number of carbonyl (C=O) groups is 1. The van der Waals surface area contributed by atoms with Crippen LogP contribution < -0.4 is 0 Å². The predicted octanol–water partition coefficient (Wildman–Crippen LogP) is 2.49. The van der Waals surface area contributed by atoms with E-state index in [4.69, 9.17) is 4.74 Å². The van der Waals surface area contributed by atoms with Crippen LogP contribution in [0.25, 0.3) is 0 Å². The van der Waals surface area contributed by atoms with Gasteiger partial charge in [0, 0.05) is 18.7 Å². The largest absolute Gasteiger partial charge is 0.380 e. The number of aliphatic hydroxyl groups is 1. The molecule has 1 N–H and O–H groups in total. The van der Waals surface area contributed by atoms with Crippen molar-refractivity contribution < 1.29 is 19.0 Å². The van der Waals surface area contributed by atoms with Crippen LogP contribution in [0.1, 0.15) is 38.2 Å². The van der Waals surface area contributed by atoms with E-state index in [0.29, 0.717) is 18.7 Å². The molecular formula is C18H24FNO3. The molecule has 0 spiro atoms. The van der Waals surface area contributed by atoms with Crippen molar-refractivity contribution in [3.05, 3.63) is 35.6 Å². The topological polar surface area (TPSA) is 49.8 Å². The smallest absolute Gasteiger partial charge is 0.254 e. The first-order valence-corrected chi connectivity index (χ1v) is 8.35. The van der Waals surface area contributed by atoms with Crippen LogP contribution in [0.4, 0.5) is 4.39 Å². The molecule has 4 nitrogen and oxygen atoms in total. The van der Waals surface area contributed by atoms with E-state index in [9.17, 15) is 14.3 Å². The maximum atomic E-state index is 13.6. The molecule has 1 amide bonds. The highest BCUT2D eigenvalue weighted by Crippen LogP contribution is 2.40. The molecule has 1 aromatic rings. The number of piperidine rings is 1. The zero-order chi connectivity index (χ0) is 16.4. The van der Waals surface area contributed by atoms with Gasteiger partial charge in [-0.2, -0.15) is 0 Å². The van der Waals surface area contributed by atoms with Crippen molar-refractivity contribution in [2.24, 2.45) is 5.92 Å².